The summed E-state index contributed by atoms with van der Waals surface area (Å²) >= 11 is 1.66. The molecule has 2 heterocycles. The Hall–Kier alpha value is -1.83. The van der Waals surface area contributed by atoms with Crippen LogP contribution in [-0.2, 0) is 13.0 Å². The molecule has 0 unspecified atom stereocenters. The number of benzene rings is 1. The van der Waals surface area contributed by atoms with Gasteiger partial charge >= 0.3 is 0 Å². The van der Waals surface area contributed by atoms with Gasteiger partial charge in [0.05, 0.1) is 5.56 Å². The Morgan fingerprint density at radius 1 is 1.32 bits per heavy atom. The molecule has 0 atom stereocenters. The average molecular weight is 309 g/mol. The lowest BCUT2D eigenvalue weighted by Crippen LogP contribution is -2.28. The maximum Gasteiger partial charge on any atom is 0.115 e. The quantitative estimate of drug-likeness (QED) is 0.810. The Balaban J connectivity index is 2.28. The van der Waals surface area contributed by atoms with Crippen molar-refractivity contribution in [2.75, 3.05) is 19.3 Å². The van der Waals surface area contributed by atoms with Crippen LogP contribution in [0.15, 0.2) is 35.4 Å². The maximum atomic E-state index is 9.74. The first-order chi connectivity index (χ1) is 10.7. The topological polar surface area (TPSA) is 39.9 Å². The van der Waals surface area contributed by atoms with Gasteiger partial charge in [0.15, 0.2) is 0 Å². The number of nitriles is 1. The predicted molar refractivity (Wildman–Crippen MR) is 90.8 cm³/mol. The van der Waals surface area contributed by atoms with Crippen molar-refractivity contribution in [1.29, 1.82) is 5.26 Å². The van der Waals surface area contributed by atoms with E-state index in [-0.39, 0.29) is 0 Å². The van der Waals surface area contributed by atoms with E-state index in [1.165, 1.54) is 5.56 Å². The van der Waals surface area contributed by atoms with Crippen LogP contribution in [0.5, 0.6) is 0 Å². The van der Waals surface area contributed by atoms with Crippen LogP contribution in [0.3, 0.4) is 0 Å². The maximum absolute atomic E-state index is 9.74. The molecular weight excluding hydrogens is 290 g/mol. The van der Waals surface area contributed by atoms with Crippen molar-refractivity contribution in [2.45, 2.75) is 24.9 Å². The van der Waals surface area contributed by atoms with E-state index in [4.69, 9.17) is 4.98 Å². The summed E-state index contributed by atoms with van der Waals surface area (Å²) in [5.41, 5.74) is 5.30. The summed E-state index contributed by atoms with van der Waals surface area (Å²) in [5, 5.41) is 10.6. The third-order valence-electron chi connectivity index (χ3n) is 3.96. The van der Waals surface area contributed by atoms with Gasteiger partial charge in [-0.05, 0) is 23.9 Å². The highest BCUT2D eigenvalue weighted by Gasteiger charge is 2.24. The predicted octanol–water partition coefficient (Wildman–Crippen LogP) is 3.72. The van der Waals surface area contributed by atoms with E-state index in [1.54, 1.807) is 11.8 Å². The van der Waals surface area contributed by atoms with Gasteiger partial charge in [-0.2, -0.15) is 5.26 Å². The SMILES string of the molecule is CCSc1nc2c(c(-c3ccccc3)c1C#N)CN(C)CC2. The molecule has 0 saturated carbocycles. The molecule has 0 spiro atoms. The zero-order valence-electron chi connectivity index (χ0n) is 13.0. The second-order valence-electron chi connectivity index (χ2n) is 5.49. The van der Waals surface area contributed by atoms with Gasteiger partial charge in [-0.1, -0.05) is 37.3 Å². The zero-order chi connectivity index (χ0) is 15.5. The largest absolute Gasteiger partial charge is 0.302 e. The number of hydrogen-bond acceptors (Lipinski definition) is 4. The molecule has 0 bridgehead atoms. The zero-order valence-corrected chi connectivity index (χ0v) is 13.8. The number of thioether (sulfide) groups is 1. The summed E-state index contributed by atoms with van der Waals surface area (Å²) in [6.07, 6.45) is 0.953. The molecule has 0 aliphatic carbocycles. The van der Waals surface area contributed by atoms with Crippen molar-refractivity contribution < 1.29 is 0 Å². The molecule has 1 aromatic heterocycles. The van der Waals surface area contributed by atoms with E-state index in [1.807, 2.05) is 18.2 Å². The van der Waals surface area contributed by atoms with Crippen molar-refractivity contribution in [3.05, 3.63) is 47.2 Å². The van der Waals surface area contributed by atoms with E-state index >= 15 is 0 Å². The van der Waals surface area contributed by atoms with Crippen LogP contribution < -0.4 is 0 Å². The fourth-order valence-corrected chi connectivity index (χ4v) is 3.68. The first-order valence-corrected chi connectivity index (χ1v) is 8.55. The number of hydrogen-bond donors (Lipinski definition) is 0. The standard InChI is InChI=1S/C18H19N3S/c1-3-22-18-14(11-19)17(13-7-5-4-6-8-13)15-12-21(2)10-9-16(15)20-18/h4-8H,3,9-10,12H2,1-2H3. The third kappa shape index (κ3) is 2.75. The Bertz CT molecular complexity index is 719. The number of nitrogens with zero attached hydrogens (tertiary/aromatic N) is 3. The fraction of sp³-hybridized carbons (Fsp3) is 0.333. The van der Waals surface area contributed by atoms with Crippen LogP contribution in [0.1, 0.15) is 23.7 Å². The summed E-state index contributed by atoms with van der Waals surface area (Å²) in [6, 6.07) is 12.7. The van der Waals surface area contributed by atoms with Crippen LogP contribution in [0.4, 0.5) is 0 Å². The average Bonchev–Trinajstić information content (AvgIpc) is 2.55. The van der Waals surface area contributed by atoms with Crippen molar-refractivity contribution in [2.24, 2.45) is 0 Å². The summed E-state index contributed by atoms with van der Waals surface area (Å²) in [5.74, 6) is 0.925. The van der Waals surface area contributed by atoms with Gasteiger partial charge in [-0.25, -0.2) is 4.98 Å². The van der Waals surface area contributed by atoms with Crippen LogP contribution in [0.2, 0.25) is 0 Å². The third-order valence-corrected chi connectivity index (χ3v) is 4.82. The van der Waals surface area contributed by atoms with Gasteiger partial charge in [0.1, 0.15) is 11.1 Å². The van der Waals surface area contributed by atoms with E-state index < -0.39 is 0 Å². The molecule has 112 valence electrons. The van der Waals surface area contributed by atoms with Gasteiger partial charge in [0.25, 0.3) is 0 Å². The summed E-state index contributed by atoms with van der Waals surface area (Å²) in [6.45, 7) is 3.98. The number of pyridine rings is 1. The molecule has 1 aliphatic rings. The highest BCUT2D eigenvalue weighted by Crippen LogP contribution is 2.36. The van der Waals surface area contributed by atoms with E-state index in [0.29, 0.717) is 0 Å². The summed E-state index contributed by atoms with van der Waals surface area (Å²) < 4.78 is 0. The minimum absolute atomic E-state index is 0.729. The Labute approximate surface area is 136 Å². The lowest BCUT2D eigenvalue weighted by atomic mass is 9.92. The molecule has 4 heteroatoms. The molecule has 0 radical (unpaired) electrons. The van der Waals surface area contributed by atoms with Crippen LogP contribution in [-0.4, -0.2) is 29.2 Å². The first-order valence-electron chi connectivity index (χ1n) is 7.57. The molecule has 3 nitrogen and oxygen atoms in total. The van der Waals surface area contributed by atoms with Gasteiger partial charge in [0.2, 0.25) is 0 Å². The molecule has 2 aromatic rings. The minimum Gasteiger partial charge on any atom is -0.302 e. The molecule has 22 heavy (non-hydrogen) atoms. The van der Waals surface area contributed by atoms with Crippen molar-refractivity contribution in [3.63, 3.8) is 0 Å². The van der Waals surface area contributed by atoms with Crippen molar-refractivity contribution in [3.8, 4) is 17.2 Å². The van der Waals surface area contributed by atoms with Crippen molar-refractivity contribution in [1.82, 2.24) is 9.88 Å². The molecule has 3 rings (SSSR count). The van der Waals surface area contributed by atoms with Gasteiger partial charge in [-0.3, -0.25) is 0 Å². The minimum atomic E-state index is 0.729. The highest BCUT2D eigenvalue weighted by molar-refractivity contribution is 7.99. The molecular formula is C18H19N3S. The van der Waals surface area contributed by atoms with Crippen LogP contribution in [0, 0.1) is 11.3 Å². The van der Waals surface area contributed by atoms with E-state index in [9.17, 15) is 5.26 Å². The second-order valence-corrected chi connectivity index (χ2v) is 6.74. The van der Waals surface area contributed by atoms with Gasteiger partial charge < -0.3 is 4.90 Å². The Kier molecular flexibility index (Phi) is 4.47. The number of likely N-dealkylation sites (N-methyl/N-ethyl adjacent to an activating group) is 1. The smallest absolute Gasteiger partial charge is 0.115 e. The van der Waals surface area contributed by atoms with Crippen LogP contribution in [0.25, 0.3) is 11.1 Å². The molecule has 0 N–H and O–H groups in total. The van der Waals surface area contributed by atoms with E-state index in [0.717, 1.165) is 52.7 Å². The van der Waals surface area contributed by atoms with Gasteiger partial charge in [-0.15, -0.1) is 11.8 Å². The lowest BCUT2D eigenvalue weighted by Gasteiger charge is -2.27. The molecule has 0 saturated heterocycles. The highest BCUT2D eigenvalue weighted by atomic mass is 32.2. The molecule has 1 aromatic carbocycles. The first kappa shape index (κ1) is 15.1. The van der Waals surface area contributed by atoms with Crippen molar-refractivity contribution >= 4 is 11.8 Å². The molecule has 1 aliphatic heterocycles. The summed E-state index contributed by atoms with van der Waals surface area (Å²) in [4.78, 5) is 7.10. The number of rotatable bonds is 3. The van der Waals surface area contributed by atoms with E-state index in [2.05, 4.69) is 37.1 Å². The van der Waals surface area contributed by atoms with Gasteiger partial charge in [0, 0.05) is 30.8 Å². The monoisotopic (exact) mass is 309 g/mol. The van der Waals surface area contributed by atoms with Crippen LogP contribution >= 0.6 is 11.8 Å². The summed E-state index contributed by atoms with van der Waals surface area (Å²) in [7, 11) is 2.12. The Morgan fingerprint density at radius 2 is 2.09 bits per heavy atom. The molecule has 0 fully saturated rings. The normalized spacial score (nSPS) is 14.4. The lowest BCUT2D eigenvalue weighted by molar-refractivity contribution is 0.309. The Morgan fingerprint density at radius 3 is 2.77 bits per heavy atom. The number of aromatic nitrogens is 1. The number of fused-ring (bicyclic) bond motifs is 1. The second kappa shape index (κ2) is 6.51. The fourth-order valence-electron chi connectivity index (χ4n) is 2.94. The molecule has 0 amide bonds.